The number of aldehydes is 1. The molecule has 0 aliphatic carbocycles. The standard InChI is InChI=1S/C65H40BN5O7S2/c72-40-41-27-36-56-57(37-41)78-66(77-56)71-55(45-30-34-47(35-31-45)76-65(74)70-53-21-9-13-25-60(53)80-61-26-14-10-22-54(61)70)39-49(43-17-5-2-6-18-43)63(71)68-62-48(42-15-3-1-4-16-42)38-50(67-62)44-28-32-46(33-29-44)75-64(73)69-51-19-7-11-23-58(51)79-59-24-12-8-20-52(59)69/h1-40H/b68-62-. The second-order valence-corrected chi connectivity index (χ2v) is 20.9. The third-order valence-electron chi connectivity index (χ3n) is 13.8. The molecule has 4 aliphatic heterocycles. The number of amides is 2. The van der Waals surface area contributed by atoms with Gasteiger partial charge < -0.3 is 18.8 Å². The normalized spacial score (nSPS) is 14.1. The van der Waals surface area contributed by atoms with Crippen LogP contribution in [-0.4, -0.2) is 41.8 Å². The summed E-state index contributed by atoms with van der Waals surface area (Å²) in [4.78, 5) is 58.0. The summed E-state index contributed by atoms with van der Waals surface area (Å²) < 4.78 is 27.3. The molecular formula is C65H40BN5O7S2. The van der Waals surface area contributed by atoms with Gasteiger partial charge in [0.2, 0.25) is 0 Å². The van der Waals surface area contributed by atoms with E-state index in [0.717, 1.165) is 82.0 Å². The monoisotopic (exact) mass is 1080 g/mol. The molecule has 2 amide bonds. The van der Waals surface area contributed by atoms with E-state index in [9.17, 15) is 14.4 Å². The minimum atomic E-state index is -1.09. The topological polar surface area (TPSA) is 124 Å². The highest BCUT2D eigenvalue weighted by atomic mass is 32.2. The number of anilines is 4. The molecule has 0 atom stereocenters. The Kier molecular flexibility index (Phi) is 12.3. The summed E-state index contributed by atoms with van der Waals surface area (Å²) in [5.74, 6) is 2.44. The summed E-state index contributed by atoms with van der Waals surface area (Å²) in [6.07, 6.45) is 1.69. The zero-order chi connectivity index (χ0) is 53.7. The van der Waals surface area contributed by atoms with Crippen molar-refractivity contribution in [3.63, 3.8) is 0 Å². The molecule has 14 rings (SSSR count). The van der Waals surface area contributed by atoms with E-state index in [2.05, 4.69) is 0 Å². The zero-order valence-corrected chi connectivity index (χ0v) is 43.7. The maximum atomic E-state index is 14.2. The predicted molar refractivity (Wildman–Crippen MR) is 314 cm³/mol. The molecular weight excluding hydrogens is 1040 g/mol. The second-order valence-electron chi connectivity index (χ2n) is 18.8. The van der Waals surface area contributed by atoms with Crippen LogP contribution in [0.25, 0.3) is 28.0 Å². The molecule has 15 heteroatoms. The van der Waals surface area contributed by atoms with Crippen LogP contribution in [0, 0.1) is 0 Å². The average molecular weight is 1080 g/mol. The van der Waals surface area contributed by atoms with Crippen molar-refractivity contribution < 1.29 is 33.2 Å². The number of carbonyl (C=O) groups excluding carboxylic acids is 3. The van der Waals surface area contributed by atoms with Crippen LogP contribution in [0.4, 0.5) is 38.2 Å². The molecule has 0 unspecified atom stereocenters. The Labute approximate surface area is 468 Å². The zero-order valence-electron chi connectivity index (χ0n) is 42.1. The number of hydrogen-bond acceptors (Lipinski definition) is 10. The highest BCUT2D eigenvalue weighted by Crippen LogP contribution is 2.50. The lowest BCUT2D eigenvalue weighted by atomic mass is 10.0. The van der Waals surface area contributed by atoms with E-state index in [4.69, 9.17) is 28.8 Å². The van der Waals surface area contributed by atoms with Gasteiger partial charge in [-0.3, -0.25) is 9.27 Å². The van der Waals surface area contributed by atoms with Gasteiger partial charge in [-0.2, -0.15) is 0 Å². The van der Waals surface area contributed by atoms with Crippen LogP contribution in [0.3, 0.4) is 0 Å². The lowest BCUT2D eigenvalue weighted by Gasteiger charge is -2.30. The maximum absolute atomic E-state index is 14.2. The number of ether oxygens (including phenoxy) is 2. The molecule has 0 bridgehead atoms. The number of fused-ring (bicyclic) bond motifs is 5. The van der Waals surface area contributed by atoms with Crippen LogP contribution in [-0.2, 0) is 0 Å². The van der Waals surface area contributed by atoms with Crippen molar-refractivity contribution in [2.24, 2.45) is 9.98 Å². The van der Waals surface area contributed by atoms with Gasteiger partial charge in [-0.15, -0.1) is 0 Å². The number of rotatable bonds is 9. The van der Waals surface area contributed by atoms with Crippen molar-refractivity contribution in [1.82, 2.24) is 4.48 Å². The molecule has 0 saturated heterocycles. The lowest BCUT2D eigenvalue weighted by molar-refractivity contribution is 0.112. The number of benzene rings is 9. The van der Waals surface area contributed by atoms with Crippen LogP contribution in [0.1, 0.15) is 21.5 Å². The first-order valence-electron chi connectivity index (χ1n) is 25.6. The average Bonchev–Trinajstić information content (AvgIpc) is 4.29. The number of para-hydroxylation sites is 4. The molecule has 0 spiro atoms. The number of aromatic nitrogens is 1. The van der Waals surface area contributed by atoms with Crippen molar-refractivity contribution in [2.75, 3.05) is 9.80 Å². The van der Waals surface area contributed by atoms with Crippen LogP contribution in [0.2, 0.25) is 0 Å². The van der Waals surface area contributed by atoms with Gasteiger partial charge in [0, 0.05) is 47.5 Å². The van der Waals surface area contributed by atoms with Gasteiger partial charge in [0.05, 0.1) is 28.5 Å². The molecule has 4 aliphatic rings. The van der Waals surface area contributed by atoms with E-state index in [-0.39, 0.29) is 0 Å². The van der Waals surface area contributed by atoms with Gasteiger partial charge in [0.1, 0.15) is 35.1 Å². The number of aliphatic imine (C=N–C) groups is 2. The molecule has 0 fully saturated rings. The van der Waals surface area contributed by atoms with Gasteiger partial charge in [0.15, 0.2) is 5.84 Å². The number of carbonyl (C=O) groups is 3. The quantitative estimate of drug-likeness (QED) is 0.103. The molecule has 10 aromatic rings. The molecule has 0 saturated carbocycles. The smallest absolute Gasteiger partial charge is 0.503 e. The Bertz CT molecular complexity index is 4140. The third kappa shape index (κ3) is 8.89. The summed E-state index contributed by atoms with van der Waals surface area (Å²) in [5, 5.41) is 0. The number of allylic oxidation sites excluding steroid dienone is 1. The minimum Gasteiger partial charge on any atom is -0.503 e. The van der Waals surface area contributed by atoms with E-state index < -0.39 is 19.4 Å². The van der Waals surface area contributed by atoms with E-state index in [1.807, 2.05) is 199 Å². The Morgan fingerprint density at radius 3 is 1.50 bits per heavy atom. The van der Waals surface area contributed by atoms with Crippen LogP contribution >= 0.6 is 23.5 Å². The Morgan fingerprint density at radius 2 is 0.975 bits per heavy atom. The summed E-state index contributed by atoms with van der Waals surface area (Å²) in [5.41, 5.74) is 9.48. The highest BCUT2D eigenvalue weighted by molar-refractivity contribution is 8.00. The van der Waals surface area contributed by atoms with Gasteiger partial charge in [0.25, 0.3) is 0 Å². The summed E-state index contributed by atoms with van der Waals surface area (Å²) >= 11 is 3.22. The summed E-state index contributed by atoms with van der Waals surface area (Å²) in [7, 11) is -1.09. The maximum Gasteiger partial charge on any atom is 0.744 e. The third-order valence-corrected chi connectivity index (χ3v) is 16.1. The van der Waals surface area contributed by atoms with Crippen molar-refractivity contribution in [3.05, 3.63) is 253 Å². The van der Waals surface area contributed by atoms with Gasteiger partial charge in [-0.05, 0) is 144 Å². The Balaban J connectivity index is 0.842. The van der Waals surface area contributed by atoms with Crippen molar-refractivity contribution in [1.29, 1.82) is 0 Å². The lowest BCUT2D eigenvalue weighted by Crippen LogP contribution is -2.34. The fraction of sp³-hybridized carbons (Fsp3) is 0. The fourth-order valence-electron chi connectivity index (χ4n) is 10.1. The van der Waals surface area contributed by atoms with Gasteiger partial charge >= 0.3 is 19.4 Å². The first-order valence-corrected chi connectivity index (χ1v) is 27.2. The fourth-order valence-corrected chi connectivity index (χ4v) is 12.2. The Morgan fingerprint density at radius 1 is 0.500 bits per heavy atom. The van der Waals surface area contributed by atoms with E-state index in [0.29, 0.717) is 51.6 Å². The molecule has 5 heterocycles. The minimum absolute atomic E-state index is 0.338. The van der Waals surface area contributed by atoms with Crippen molar-refractivity contribution >= 4 is 94.9 Å². The second kappa shape index (κ2) is 20.4. The molecule has 1 aromatic heterocycles. The van der Waals surface area contributed by atoms with Crippen molar-refractivity contribution in [3.8, 4) is 45.4 Å². The number of amidine groups is 1. The van der Waals surface area contributed by atoms with Crippen LogP contribution < -0.4 is 28.6 Å². The van der Waals surface area contributed by atoms with E-state index in [1.54, 1.807) is 75.8 Å². The molecule has 0 radical (unpaired) electrons. The molecule has 9 aromatic carbocycles. The van der Waals surface area contributed by atoms with Gasteiger partial charge in [-0.25, -0.2) is 29.4 Å². The van der Waals surface area contributed by atoms with E-state index >= 15 is 0 Å². The van der Waals surface area contributed by atoms with Crippen LogP contribution in [0.15, 0.2) is 266 Å². The largest absolute Gasteiger partial charge is 0.744 e. The van der Waals surface area contributed by atoms with Gasteiger partial charge in [-0.1, -0.05) is 133 Å². The predicted octanol–water partition coefficient (Wildman–Crippen LogP) is 16.2. The Hall–Kier alpha value is -10.1. The first-order chi connectivity index (χ1) is 39.4. The highest BCUT2D eigenvalue weighted by Gasteiger charge is 2.41. The molecule has 12 nitrogen and oxygen atoms in total. The SMILES string of the molecule is O=Cc1ccc2c(c1)OB(n1c(-c3ccc(OC(=O)N4c5ccccc5Sc5ccccc54)cc3)cc(-c3ccccc3)c1/N=C1\N=C(c3ccc(OC(=O)N4c5ccccc5Sc5ccccc54)cc3)C=C1c1ccccc1)O2. The van der Waals surface area contributed by atoms with Crippen molar-refractivity contribution in [2.45, 2.75) is 19.6 Å². The van der Waals surface area contributed by atoms with Crippen LogP contribution in [0.5, 0.6) is 23.0 Å². The number of hydrogen-bond donors (Lipinski definition) is 0. The molecule has 0 N–H and O–H groups in total. The molecule has 80 heavy (non-hydrogen) atoms. The number of nitrogens with zero attached hydrogens (tertiary/aromatic N) is 5. The van der Waals surface area contributed by atoms with E-state index in [1.165, 1.54) is 0 Å². The molecule has 382 valence electrons. The first kappa shape index (κ1) is 48.3. The summed E-state index contributed by atoms with van der Waals surface area (Å²) in [6.45, 7) is 0. The summed E-state index contributed by atoms with van der Waals surface area (Å²) in [6, 6.07) is 72.6.